The summed E-state index contributed by atoms with van der Waals surface area (Å²) >= 11 is 5.80. The number of ether oxygens (including phenoxy) is 2. The molecule has 0 aliphatic heterocycles. The van der Waals surface area contributed by atoms with Gasteiger partial charge in [0.1, 0.15) is 0 Å². The zero-order valence-electron chi connectivity index (χ0n) is 17.6. The number of nitro benzene ring substituents is 2. The van der Waals surface area contributed by atoms with Crippen LogP contribution in [0.25, 0.3) is 0 Å². The first-order valence-corrected chi connectivity index (χ1v) is 10.1. The molecule has 1 amide bonds. The number of amides is 1. The Bertz CT molecular complexity index is 1260. The lowest BCUT2D eigenvalue weighted by Gasteiger charge is -2.12. The number of nitrogens with zero attached hydrogens (tertiary/aromatic N) is 3. The lowest BCUT2D eigenvalue weighted by Crippen LogP contribution is -2.17. The highest BCUT2D eigenvalue weighted by molar-refractivity contribution is 6.30. The van der Waals surface area contributed by atoms with Crippen molar-refractivity contribution in [2.75, 3.05) is 6.61 Å². The quantitative estimate of drug-likeness (QED) is 0.252. The van der Waals surface area contributed by atoms with Gasteiger partial charge in [0.05, 0.1) is 28.7 Å². The molecule has 12 heteroatoms. The monoisotopic (exact) mass is 484 g/mol. The van der Waals surface area contributed by atoms with Crippen LogP contribution in [-0.4, -0.2) is 28.6 Å². The Hall–Kier alpha value is -4.51. The number of hydrogen-bond donors (Lipinski definition) is 1. The van der Waals surface area contributed by atoms with Gasteiger partial charge in [0.15, 0.2) is 11.5 Å². The van der Waals surface area contributed by atoms with Gasteiger partial charge in [-0.2, -0.15) is 5.10 Å². The molecule has 11 nitrogen and oxygen atoms in total. The summed E-state index contributed by atoms with van der Waals surface area (Å²) < 4.78 is 11.2. The van der Waals surface area contributed by atoms with E-state index in [1.54, 1.807) is 43.3 Å². The fourth-order valence-corrected chi connectivity index (χ4v) is 2.88. The third kappa shape index (κ3) is 6.04. The molecule has 3 aromatic rings. The highest BCUT2D eigenvalue weighted by Crippen LogP contribution is 2.38. The molecule has 0 saturated carbocycles. The summed E-state index contributed by atoms with van der Waals surface area (Å²) in [6, 6.07) is 14.0. The average Bonchev–Trinajstić information content (AvgIpc) is 2.81. The van der Waals surface area contributed by atoms with Crippen molar-refractivity contribution in [2.45, 2.75) is 6.92 Å². The Labute approximate surface area is 197 Å². The van der Waals surface area contributed by atoms with E-state index in [4.69, 9.17) is 21.1 Å². The number of hydrazone groups is 1. The van der Waals surface area contributed by atoms with E-state index in [0.29, 0.717) is 16.1 Å². The number of halogens is 1. The summed E-state index contributed by atoms with van der Waals surface area (Å²) in [5, 5.41) is 26.7. The molecular weight excluding hydrogens is 468 g/mol. The van der Waals surface area contributed by atoms with E-state index < -0.39 is 27.1 Å². The first-order valence-electron chi connectivity index (χ1n) is 9.75. The Balaban J connectivity index is 1.80. The minimum absolute atomic E-state index is 0.154. The van der Waals surface area contributed by atoms with Gasteiger partial charge in [0, 0.05) is 16.7 Å². The largest absolute Gasteiger partial charge is 0.490 e. The van der Waals surface area contributed by atoms with E-state index in [2.05, 4.69) is 10.5 Å². The number of benzene rings is 3. The molecule has 34 heavy (non-hydrogen) atoms. The molecule has 0 heterocycles. The van der Waals surface area contributed by atoms with Crippen LogP contribution in [-0.2, 0) is 0 Å². The highest BCUT2D eigenvalue weighted by Gasteiger charge is 2.22. The topological polar surface area (TPSA) is 146 Å². The van der Waals surface area contributed by atoms with Crippen molar-refractivity contribution in [3.05, 3.63) is 97.0 Å². The summed E-state index contributed by atoms with van der Waals surface area (Å²) in [7, 11) is 0. The Morgan fingerprint density at radius 3 is 2.35 bits per heavy atom. The van der Waals surface area contributed by atoms with Gasteiger partial charge in [0.25, 0.3) is 11.6 Å². The first kappa shape index (κ1) is 24.1. The average molecular weight is 485 g/mol. The molecule has 0 unspecified atom stereocenters. The molecule has 1 N–H and O–H groups in total. The third-order valence-electron chi connectivity index (χ3n) is 4.32. The molecular formula is C22H17ClN4O7. The molecule has 0 bridgehead atoms. The second kappa shape index (κ2) is 10.9. The van der Waals surface area contributed by atoms with Gasteiger partial charge >= 0.3 is 5.69 Å². The molecule has 0 spiro atoms. The van der Waals surface area contributed by atoms with Gasteiger partial charge in [-0.15, -0.1) is 0 Å². The smallest absolute Gasteiger partial charge is 0.318 e. The van der Waals surface area contributed by atoms with Crippen LogP contribution >= 0.6 is 11.6 Å². The minimum Gasteiger partial charge on any atom is -0.490 e. The fraction of sp³-hybridized carbons (Fsp3) is 0.0909. The van der Waals surface area contributed by atoms with Crippen LogP contribution < -0.4 is 14.9 Å². The molecule has 0 radical (unpaired) electrons. The van der Waals surface area contributed by atoms with E-state index >= 15 is 0 Å². The number of rotatable bonds is 9. The van der Waals surface area contributed by atoms with Crippen LogP contribution in [0.5, 0.6) is 17.2 Å². The molecule has 0 atom stereocenters. The Morgan fingerprint density at radius 1 is 1.00 bits per heavy atom. The van der Waals surface area contributed by atoms with Crippen molar-refractivity contribution in [3.63, 3.8) is 0 Å². The van der Waals surface area contributed by atoms with E-state index in [9.17, 15) is 25.0 Å². The van der Waals surface area contributed by atoms with Crippen molar-refractivity contribution >= 4 is 35.1 Å². The van der Waals surface area contributed by atoms with Gasteiger partial charge in [-0.1, -0.05) is 11.6 Å². The standard InChI is InChI=1S/C22H17ClN4O7/c1-2-33-21-11-14(13-24-25-22(28)15-4-6-16(23)7-5-15)3-9-20(21)34-19-10-8-17(26(29)30)12-18(19)27(31)32/h3-13H,2H2,1H3,(H,25,28)/b24-13+. The van der Waals surface area contributed by atoms with E-state index in [-0.39, 0.29) is 23.9 Å². The molecule has 174 valence electrons. The Morgan fingerprint density at radius 2 is 1.71 bits per heavy atom. The number of carbonyl (C=O) groups excluding carboxylic acids is 1. The SMILES string of the molecule is CCOc1cc(/C=N/NC(=O)c2ccc(Cl)cc2)ccc1Oc1ccc([N+](=O)[O-])cc1[N+](=O)[O-]. The lowest BCUT2D eigenvalue weighted by molar-refractivity contribution is -0.394. The highest BCUT2D eigenvalue weighted by atomic mass is 35.5. The van der Waals surface area contributed by atoms with E-state index in [0.717, 1.165) is 18.2 Å². The zero-order valence-corrected chi connectivity index (χ0v) is 18.4. The molecule has 0 saturated heterocycles. The van der Waals surface area contributed by atoms with Crippen molar-refractivity contribution in [1.82, 2.24) is 5.43 Å². The van der Waals surface area contributed by atoms with E-state index in [1.807, 2.05) is 0 Å². The molecule has 3 rings (SSSR count). The second-order valence-corrected chi connectivity index (χ2v) is 7.05. The lowest BCUT2D eigenvalue weighted by atomic mass is 10.2. The summed E-state index contributed by atoms with van der Waals surface area (Å²) in [6.07, 6.45) is 1.38. The third-order valence-corrected chi connectivity index (χ3v) is 4.58. The van der Waals surface area contributed by atoms with Gasteiger partial charge in [-0.05, 0) is 61.0 Å². The Kier molecular flexibility index (Phi) is 7.72. The number of hydrogen-bond acceptors (Lipinski definition) is 8. The van der Waals surface area contributed by atoms with Crippen molar-refractivity contribution < 1.29 is 24.1 Å². The molecule has 0 aliphatic carbocycles. The van der Waals surface area contributed by atoms with Crippen LogP contribution in [0.4, 0.5) is 11.4 Å². The predicted octanol–water partition coefficient (Wildman–Crippen LogP) is 5.11. The van der Waals surface area contributed by atoms with Crippen LogP contribution in [0.3, 0.4) is 0 Å². The normalized spacial score (nSPS) is 10.6. The maximum Gasteiger partial charge on any atom is 0.318 e. The predicted molar refractivity (Wildman–Crippen MR) is 124 cm³/mol. The van der Waals surface area contributed by atoms with Crippen LogP contribution in [0.1, 0.15) is 22.8 Å². The van der Waals surface area contributed by atoms with Crippen LogP contribution in [0.2, 0.25) is 5.02 Å². The number of nitrogens with one attached hydrogen (secondary N) is 1. The van der Waals surface area contributed by atoms with Gasteiger partial charge < -0.3 is 9.47 Å². The summed E-state index contributed by atoms with van der Waals surface area (Å²) in [5.74, 6) is -0.208. The van der Waals surface area contributed by atoms with Crippen molar-refractivity contribution in [3.8, 4) is 17.2 Å². The summed E-state index contributed by atoms with van der Waals surface area (Å²) in [5.41, 5.74) is 2.32. The maximum absolute atomic E-state index is 12.1. The summed E-state index contributed by atoms with van der Waals surface area (Å²) in [6.45, 7) is 2.01. The molecule has 0 aromatic heterocycles. The zero-order chi connectivity index (χ0) is 24.7. The first-order chi connectivity index (χ1) is 16.3. The number of nitro groups is 2. The van der Waals surface area contributed by atoms with E-state index in [1.165, 1.54) is 12.3 Å². The van der Waals surface area contributed by atoms with Gasteiger partial charge in [-0.25, -0.2) is 5.43 Å². The minimum atomic E-state index is -0.771. The maximum atomic E-state index is 12.1. The van der Waals surface area contributed by atoms with Gasteiger partial charge in [0.2, 0.25) is 5.75 Å². The second-order valence-electron chi connectivity index (χ2n) is 6.61. The van der Waals surface area contributed by atoms with Gasteiger partial charge in [-0.3, -0.25) is 25.0 Å². The summed E-state index contributed by atoms with van der Waals surface area (Å²) in [4.78, 5) is 32.9. The molecule has 0 aliphatic rings. The fourth-order valence-electron chi connectivity index (χ4n) is 2.76. The molecule has 3 aromatic carbocycles. The van der Waals surface area contributed by atoms with Crippen molar-refractivity contribution in [2.24, 2.45) is 5.10 Å². The van der Waals surface area contributed by atoms with Crippen molar-refractivity contribution in [1.29, 1.82) is 0 Å². The number of carbonyl (C=O) groups is 1. The van der Waals surface area contributed by atoms with Crippen LogP contribution in [0.15, 0.2) is 65.8 Å². The number of non-ortho nitro benzene ring substituents is 1. The van der Waals surface area contributed by atoms with Crippen LogP contribution in [0, 0.1) is 20.2 Å². The molecule has 0 fully saturated rings.